The molecule has 0 radical (unpaired) electrons. The number of fused-ring (bicyclic) bond motifs is 3. The Bertz CT molecular complexity index is 1440. The van der Waals surface area contributed by atoms with E-state index in [9.17, 15) is 8.42 Å². The van der Waals surface area contributed by atoms with Crippen LogP contribution in [-0.4, -0.2) is 57.4 Å². The Morgan fingerprint density at radius 1 is 1.17 bits per heavy atom. The fourth-order valence-electron chi connectivity index (χ4n) is 4.27. The van der Waals surface area contributed by atoms with Crippen LogP contribution in [0.15, 0.2) is 52.1 Å². The lowest BCUT2D eigenvalue weighted by Crippen LogP contribution is -2.19. The van der Waals surface area contributed by atoms with Crippen LogP contribution in [0.2, 0.25) is 0 Å². The normalized spacial score (nSPS) is 15.1. The summed E-state index contributed by atoms with van der Waals surface area (Å²) in [7, 11) is 0.206. The molecule has 0 saturated heterocycles. The molecule has 0 fully saturated rings. The minimum atomic E-state index is -4.17. The minimum Gasteiger partial charge on any atom is -0.495 e. The maximum absolute atomic E-state index is 13.4. The van der Waals surface area contributed by atoms with Gasteiger partial charge in [0.15, 0.2) is 16.3 Å². The Balaban J connectivity index is 1.60. The zero-order chi connectivity index (χ0) is 24.6. The third-order valence-corrected chi connectivity index (χ3v) is 7.16. The van der Waals surface area contributed by atoms with Gasteiger partial charge in [-0.05, 0) is 29.8 Å². The molecule has 0 aliphatic carbocycles. The number of nitrogens with zero attached hydrogens (tertiary/aromatic N) is 3. The van der Waals surface area contributed by atoms with Crippen LogP contribution in [0, 0.1) is 0 Å². The largest absolute Gasteiger partial charge is 0.495 e. The number of nitrogens with one attached hydrogen (secondary N) is 1. The first-order valence-corrected chi connectivity index (χ1v) is 12.2. The van der Waals surface area contributed by atoms with Crippen LogP contribution in [0.3, 0.4) is 0 Å². The average molecular weight is 501 g/mol. The number of methoxy groups -OCH3 is 3. The van der Waals surface area contributed by atoms with E-state index in [1.165, 1.54) is 26.4 Å². The highest BCUT2D eigenvalue weighted by molar-refractivity contribution is 7.93. The summed E-state index contributed by atoms with van der Waals surface area (Å²) in [6.07, 6.45) is 3.93. The third kappa shape index (κ3) is 4.15. The molecule has 12 heteroatoms. The molecule has 4 aromatic rings. The standard InChI is InChI=1S/C23H24N4O7S/c1-30-13-15-11-16-14(12-27-9-5-8-24-27)10-19-20(21(16)33-15)23(25-34-19)26-35(28,29)22-17(31-2)6-4-7-18(22)32-3/h4-10,15H,11-13H2,1-3H3,(H,25,26). The number of ether oxygens (including phenoxy) is 4. The van der Waals surface area contributed by atoms with Crippen LogP contribution in [0.1, 0.15) is 11.1 Å². The molecule has 1 unspecified atom stereocenters. The van der Waals surface area contributed by atoms with Gasteiger partial charge >= 0.3 is 0 Å². The van der Waals surface area contributed by atoms with Gasteiger partial charge in [0.2, 0.25) is 0 Å². The van der Waals surface area contributed by atoms with Gasteiger partial charge in [-0.15, -0.1) is 0 Å². The van der Waals surface area contributed by atoms with Crippen molar-refractivity contribution in [1.82, 2.24) is 14.9 Å². The van der Waals surface area contributed by atoms with Crippen molar-refractivity contribution in [3.8, 4) is 17.2 Å². The van der Waals surface area contributed by atoms with Crippen LogP contribution in [0.5, 0.6) is 17.2 Å². The third-order valence-electron chi connectivity index (χ3n) is 5.76. The summed E-state index contributed by atoms with van der Waals surface area (Å²) in [6, 6.07) is 8.39. The molecule has 0 spiro atoms. The van der Waals surface area contributed by atoms with Gasteiger partial charge in [0.05, 0.1) is 27.4 Å². The Morgan fingerprint density at radius 2 is 1.94 bits per heavy atom. The number of anilines is 1. The van der Waals surface area contributed by atoms with E-state index < -0.39 is 10.0 Å². The van der Waals surface area contributed by atoms with Crippen molar-refractivity contribution < 1.29 is 31.9 Å². The van der Waals surface area contributed by atoms with E-state index in [-0.39, 0.29) is 28.3 Å². The molecule has 1 aliphatic heterocycles. The quantitative estimate of drug-likeness (QED) is 0.369. The van der Waals surface area contributed by atoms with E-state index >= 15 is 0 Å². The van der Waals surface area contributed by atoms with Crippen LogP contribution in [-0.2, 0) is 27.7 Å². The molecule has 0 bridgehead atoms. The minimum absolute atomic E-state index is 0.00733. The second kappa shape index (κ2) is 9.12. The number of aromatic nitrogens is 3. The van der Waals surface area contributed by atoms with Gasteiger partial charge in [-0.3, -0.25) is 9.40 Å². The number of rotatable bonds is 9. The summed E-state index contributed by atoms with van der Waals surface area (Å²) in [4.78, 5) is -0.147. The molecule has 35 heavy (non-hydrogen) atoms. The van der Waals surface area contributed by atoms with E-state index in [0.717, 1.165) is 11.1 Å². The predicted molar refractivity (Wildman–Crippen MR) is 126 cm³/mol. The lowest BCUT2D eigenvalue weighted by atomic mass is 10.0. The molecule has 2 aromatic heterocycles. The van der Waals surface area contributed by atoms with Gasteiger partial charge in [0.25, 0.3) is 10.0 Å². The molecule has 2 aromatic carbocycles. The number of benzene rings is 2. The Morgan fingerprint density at radius 3 is 2.60 bits per heavy atom. The van der Waals surface area contributed by atoms with E-state index in [4.69, 9.17) is 23.5 Å². The molecule has 0 amide bonds. The van der Waals surface area contributed by atoms with Crippen molar-refractivity contribution in [2.45, 2.75) is 24.0 Å². The predicted octanol–water partition coefficient (Wildman–Crippen LogP) is 2.84. The van der Waals surface area contributed by atoms with Crippen molar-refractivity contribution in [3.63, 3.8) is 0 Å². The molecule has 1 aliphatic rings. The number of sulfonamides is 1. The molecular formula is C23H24N4O7S. The first-order valence-electron chi connectivity index (χ1n) is 10.8. The van der Waals surface area contributed by atoms with Crippen LogP contribution >= 0.6 is 0 Å². The molecule has 5 rings (SSSR count). The maximum atomic E-state index is 13.4. The summed E-state index contributed by atoms with van der Waals surface area (Å²) < 4.78 is 58.7. The van der Waals surface area contributed by atoms with E-state index in [0.29, 0.717) is 36.3 Å². The zero-order valence-electron chi connectivity index (χ0n) is 19.3. The van der Waals surface area contributed by atoms with Crippen molar-refractivity contribution in [2.75, 3.05) is 32.7 Å². The van der Waals surface area contributed by atoms with Gasteiger partial charge < -0.3 is 23.5 Å². The molecule has 1 N–H and O–H groups in total. The first kappa shape index (κ1) is 23.0. The lowest BCUT2D eigenvalue weighted by Gasteiger charge is -2.14. The molecule has 184 valence electrons. The molecule has 3 heterocycles. The van der Waals surface area contributed by atoms with E-state index in [1.54, 1.807) is 24.1 Å². The second-order valence-corrected chi connectivity index (χ2v) is 9.57. The lowest BCUT2D eigenvalue weighted by molar-refractivity contribution is 0.0959. The number of hydrogen-bond donors (Lipinski definition) is 1. The fourth-order valence-corrected chi connectivity index (χ4v) is 5.60. The van der Waals surface area contributed by atoms with E-state index in [2.05, 4.69) is 15.0 Å². The van der Waals surface area contributed by atoms with Gasteiger partial charge in [-0.25, -0.2) is 8.42 Å². The highest BCUT2D eigenvalue weighted by Crippen LogP contribution is 2.44. The zero-order valence-corrected chi connectivity index (χ0v) is 20.2. The summed E-state index contributed by atoms with van der Waals surface area (Å²) in [6.45, 7) is 0.872. The summed E-state index contributed by atoms with van der Waals surface area (Å²) >= 11 is 0. The fraction of sp³-hybridized carbons (Fsp3) is 0.304. The maximum Gasteiger partial charge on any atom is 0.270 e. The van der Waals surface area contributed by atoms with Gasteiger partial charge in [-0.1, -0.05) is 11.2 Å². The summed E-state index contributed by atoms with van der Waals surface area (Å²) in [5.41, 5.74) is 2.24. The van der Waals surface area contributed by atoms with Crippen molar-refractivity contribution in [2.24, 2.45) is 0 Å². The molecule has 1 atom stereocenters. The Kier molecular flexibility index (Phi) is 5.99. The van der Waals surface area contributed by atoms with Crippen LogP contribution < -0.4 is 18.9 Å². The molecule has 0 saturated carbocycles. The van der Waals surface area contributed by atoms with Crippen LogP contribution in [0.25, 0.3) is 11.0 Å². The average Bonchev–Trinajstić information content (AvgIpc) is 3.59. The van der Waals surface area contributed by atoms with Gasteiger partial charge in [-0.2, -0.15) is 5.10 Å². The van der Waals surface area contributed by atoms with Crippen LogP contribution in [0.4, 0.5) is 5.82 Å². The SMILES string of the molecule is COCC1Cc2c(Cn3cccn3)cc3onc(NS(=O)(=O)c4c(OC)cccc4OC)c3c2O1. The van der Waals surface area contributed by atoms with Crippen molar-refractivity contribution in [3.05, 3.63) is 53.9 Å². The smallest absolute Gasteiger partial charge is 0.270 e. The van der Waals surface area contributed by atoms with Gasteiger partial charge in [0.1, 0.15) is 28.7 Å². The Labute approximate surface area is 201 Å². The summed E-state index contributed by atoms with van der Waals surface area (Å²) in [5, 5.41) is 8.74. The van der Waals surface area contributed by atoms with Crippen molar-refractivity contribution >= 4 is 26.8 Å². The first-order chi connectivity index (χ1) is 16.9. The molecule has 11 nitrogen and oxygen atoms in total. The van der Waals surface area contributed by atoms with E-state index in [1.807, 2.05) is 18.3 Å². The second-order valence-electron chi connectivity index (χ2n) is 7.95. The monoisotopic (exact) mass is 500 g/mol. The highest BCUT2D eigenvalue weighted by Gasteiger charge is 2.33. The summed E-state index contributed by atoms with van der Waals surface area (Å²) in [5.74, 6) is 0.783. The molecular weight excluding hydrogens is 476 g/mol. The topological polar surface area (TPSA) is 127 Å². The van der Waals surface area contributed by atoms with Crippen molar-refractivity contribution in [1.29, 1.82) is 0 Å². The highest BCUT2D eigenvalue weighted by atomic mass is 32.2. The number of hydrogen-bond acceptors (Lipinski definition) is 9. The van der Waals surface area contributed by atoms with Gasteiger partial charge in [0, 0.05) is 31.5 Å². The Hall–Kier alpha value is -3.77.